The van der Waals surface area contributed by atoms with E-state index in [1.165, 1.54) is 0 Å². The van der Waals surface area contributed by atoms with Gasteiger partial charge in [0.25, 0.3) is 0 Å². The molecule has 0 fully saturated rings. The summed E-state index contributed by atoms with van der Waals surface area (Å²) in [5.41, 5.74) is 0.360. The van der Waals surface area contributed by atoms with Crippen molar-refractivity contribution in [3.8, 4) is 0 Å². The molecule has 2 N–H and O–H groups in total. The zero-order chi connectivity index (χ0) is 9.61. The summed E-state index contributed by atoms with van der Waals surface area (Å²) in [6.07, 6.45) is 3.21. The average molecular weight is 174 g/mol. The van der Waals surface area contributed by atoms with Crippen LogP contribution in [0.1, 0.15) is 46.5 Å². The van der Waals surface area contributed by atoms with E-state index in [-0.39, 0.29) is 12.7 Å². The van der Waals surface area contributed by atoms with E-state index >= 15 is 0 Å². The van der Waals surface area contributed by atoms with Crippen molar-refractivity contribution in [3.63, 3.8) is 0 Å². The summed E-state index contributed by atoms with van der Waals surface area (Å²) < 4.78 is 0. The zero-order valence-electron chi connectivity index (χ0n) is 8.51. The van der Waals surface area contributed by atoms with Crippen molar-refractivity contribution in [3.05, 3.63) is 0 Å². The minimum Gasteiger partial charge on any atom is -0.396 e. The van der Waals surface area contributed by atoms with Gasteiger partial charge in [0.2, 0.25) is 0 Å². The topological polar surface area (TPSA) is 40.5 Å². The normalized spacial score (nSPS) is 14.8. The first kappa shape index (κ1) is 11.9. The van der Waals surface area contributed by atoms with Crippen LogP contribution in [0.3, 0.4) is 0 Å². The maximum Gasteiger partial charge on any atom is 0.0562 e. The van der Waals surface area contributed by atoms with Gasteiger partial charge in [-0.05, 0) is 24.7 Å². The van der Waals surface area contributed by atoms with Crippen LogP contribution in [0.15, 0.2) is 0 Å². The lowest BCUT2D eigenvalue weighted by Gasteiger charge is -2.18. The van der Waals surface area contributed by atoms with Gasteiger partial charge in [0.15, 0.2) is 0 Å². The molecular formula is C10H22O2. The van der Waals surface area contributed by atoms with Crippen molar-refractivity contribution in [2.24, 2.45) is 5.41 Å². The fraction of sp³-hybridized carbons (Fsp3) is 1.00. The minimum atomic E-state index is -0.308. The van der Waals surface area contributed by atoms with E-state index in [4.69, 9.17) is 5.11 Å². The Kier molecular flexibility index (Phi) is 5.51. The highest BCUT2D eigenvalue weighted by Gasteiger charge is 2.11. The van der Waals surface area contributed by atoms with E-state index in [2.05, 4.69) is 20.8 Å². The molecular weight excluding hydrogens is 152 g/mol. The molecule has 1 atom stereocenters. The maximum atomic E-state index is 9.29. The van der Waals surface area contributed by atoms with Crippen molar-refractivity contribution in [2.45, 2.75) is 52.6 Å². The van der Waals surface area contributed by atoms with E-state index < -0.39 is 0 Å². The van der Waals surface area contributed by atoms with E-state index in [1.54, 1.807) is 0 Å². The Bertz CT molecular complexity index is 105. The molecule has 0 bridgehead atoms. The second kappa shape index (κ2) is 5.55. The molecule has 0 unspecified atom stereocenters. The number of hydrogen-bond acceptors (Lipinski definition) is 2. The van der Waals surface area contributed by atoms with Crippen LogP contribution in [-0.4, -0.2) is 22.9 Å². The highest BCUT2D eigenvalue weighted by atomic mass is 16.3. The van der Waals surface area contributed by atoms with Gasteiger partial charge in [-0.3, -0.25) is 0 Å². The Balaban J connectivity index is 3.31. The Hall–Kier alpha value is -0.0800. The lowest BCUT2D eigenvalue weighted by Crippen LogP contribution is -2.11. The fourth-order valence-corrected chi connectivity index (χ4v) is 1.16. The zero-order valence-corrected chi connectivity index (χ0v) is 8.51. The van der Waals surface area contributed by atoms with Gasteiger partial charge < -0.3 is 10.2 Å². The predicted octanol–water partition coefficient (Wildman–Crippen LogP) is 1.95. The Morgan fingerprint density at radius 3 is 2.17 bits per heavy atom. The molecule has 0 aromatic rings. The average Bonchev–Trinajstić information content (AvgIpc) is 1.84. The Morgan fingerprint density at radius 2 is 1.75 bits per heavy atom. The second-order valence-electron chi connectivity index (χ2n) is 4.62. The van der Waals surface area contributed by atoms with Crippen LogP contribution >= 0.6 is 0 Å². The highest BCUT2D eigenvalue weighted by molar-refractivity contribution is 4.63. The molecule has 2 nitrogen and oxygen atoms in total. The van der Waals surface area contributed by atoms with E-state index in [0.717, 1.165) is 19.3 Å². The maximum absolute atomic E-state index is 9.29. The summed E-state index contributed by atoms with van der Waals surface area (Å²) in [5.74, 6) is 0. The lowest BCUT2D eigenvalue weighted by molar-refractivity contribution is 0.119. The summed E-state index contributed by atoms with van der Waals surface area (Å²) in [6.45, 7) is 6.69. The summed E-state index contributed by atoms with van der Waals surface area (Å²) >= 11 is 0. The van der Waals surface area contributed by atoms with Crippen LogP contribution < -0.4 is 0 Å². The third-order valence-electron chi connectivity index (χ3n) is 1.93. The van der Waals surface area contributed by atoms with Crippen LogP contribution in [0.4, 0.5) is 0 Å². The van der Waals surface area contributed by atoms with E-state index in [9.17, 15) is 5.11 Å². The molecule has 0 amide bonds. The van der Waals surface area contributed by atoms with Gasteiger partial charge >= 0.3 is 0 Å². The van der Waals surface area contributed by atoms with Crippen LogP contribution in [0, 0.1) is 5.41 Å². The second-order valence-corrected chi connectivity index (χ2v) is 4.62. The molecule has 0 radical (unpaired) electrons. The first-order valence-electron chi connectivity index (χ1n) is 4.74. The van der Waals surface area contributed by atoms with Crippen LogP contribution in [0.25, 0.3) is 0 Å². The van der Waals surface area contributed by atoms with E-state index in [1.807, 2.05) is 0 Å². The quantitative estimate of drug-likeness (QED) is 0.668. The van der Waals surface area contributed by atoms with Crippen molar-refractivity contribution >= 4 is 0 Å². The summed E-state index contributed by atoms with van der Waals surface area (Å²) in [6, 6.07) is 0. The van der Waals surface area contributed by atoms with Gasteiger partial charge in [-0.1, -0.05) is 27.2 Å². The third kappa shape index (κ3) is 8.02. The molecule has 0 heterocycles. The summed E-state index contributed by atoms with van der Waals surface area (Å²) in [5, 5.41) is 17.8. The smallest absolute Gasteiger partial charge is 0.0562 e. The Labute approximate surface area is 75.6 Å². The summed E-state index contributed by atoms with van der Waals surface area (Å²) in [7, 11) is 0. The predicted molar refractivity (Wildman–Crippen MR) is 51.0 cm³/mol. The van der Waals surface area contributed by atoms with Crippen molar-refractivity contribution in [1.29, 1.82) is 0 Å². The largest absolute Gasteiger partial charge is 0.396 e. The molecule has 0 aromatic heterocycles. The van der Waals surface area contributed by atoms with Gasteiger partial charge in [0, 0.05) is 6.61 Å². The molecule has 74 valence electrons. The van der Waals surface area contributed by atoms with Gasteiger partial charge in [0.1, 0.15) is 0 Å². The monoisotopic (exact) mass is 174 g/mol. The van der Waals surface area contributed by atoms with Gasteiger partial charge in [-0.25, -0.2) is 0 Å². The molecule has 0 saturated heterocycles. The van der Waals surface area contributed by atoms with Crippen LogP contribution in [0.2, 0.25) is 0 Å². The molecule has 0 aromatic carbocycles. The van der Waals surface area contributed by atoms with Gasteiger partial charge in [-0.15, -0.1) is 0 Å². The summed E-state index contributed by atoms with van der Waals surface area (Å²) in [4.78, 5) is 0. The van der Waals surface area contributed by atoms with E-state index in [0.29, 0.717) is 11.8 Å². The standard InChI is InChI=1S/C10H22O2/c1-10(2,3)7-4-5-9(12)6-8-11/h9,11-12H,4-8H2,1-3H3/t9-/m0/s1. The van der Waals surface area contributed by atoms with Crippen molar-refractivity contribution in [2.75, 3.05) is 6.61 Å². The number of rotatable bonds is 5. The molecule has 0 rings (SSSR count). The first-order valence-corrected chi connectivity index (χ1v) is 4.74. The molecule has 0 saturated carbocycles. The lowest BCUT2D eigenvalue weighted by atomic mass is 9.89. The number of hydrogen-bond donors (Lipinski definition) is 2. The van der Waals surface area contributed by atoms with Gasteiger partial charge in [0.05, 0.1) is 6.10 Å². The molecule has 0 aliphatic heterocycles. The fourth-order valence-electron chi connectivity index (χ4n) is 1.16. The Morgan fingerprint density at radius 1 is 1.17 bits per heavy atom. The molecule has 0 aliphatic carbocycles. The SMILES string of the molecule is CC(C)(C)CCC[C@H](O)CCO. The highest BCUT2D eigenvalue weighted by Crippen LogP contribution is 2.22. The van der Waals surface area contributed by atoms with Crippen molar-refractivity contribution in [1.82, 2.24) is 0 Å². The van der Waals surface area contributed by atoms with Crippen LogP contribution in [0.5, 0.6) is 0 Å². The van der Waals surface area contributed by atoms with Crippen molar-refractivity contribution < 1.29 is 10.2 Å². The minimum absolute atomic E-state index is 0.0939. The molecule has 0 spiro atoms. The number of aliphatic hydroxyl groups is 2. The first-order chi connectivity index (χ1) is 5.45. The molecule has 12 heavy (non-hydrogen) atoms. The number of aliphatic hydroxyl groups excluding tert-OH is 2. The van der Waals surface area contributed by atoms with Crippen LogP contribution in [-0.2, 0) is 0 Å². The third-order valence-corrected chi connectivity index (χ3v) is 1.93. The molecule has 2 heteroatoms. The van der Waals surface area contributed by atoms with Gasteiger partial charge in [-0.2, -0.15) is 0 Å². The molecule has 0 aliphatic rings.